The molecule has 4 N–H and O–H groups in total. The van der Waals surface area contributed by atoms with E-state index >= 15 is 0 Å². The minimum Gasteiger partial charge on any atom is -0.748 e. The average Bonchev–Trinajstić information content (AvgIpc) is 2.53. The van der Waals surface area contributed by atoms with Gasteiger partial charge in [0.1, 0.15) is 11.4 Å². The van der Waals surface area contributed by atoms with Crippen LogP contribution in [0.25, 0.3) is 0 Å². The molecule has 0 bridgehead atoms. The van der Waals surface area contributed by atoms with Gasteiger partial charge >= 0.3 is 0 Å². The average molecular weight is 470 g/mol. The number of nitro groups is 2. The van der Waals surface area contributed by atoms with Crippen LogP contribution >= 0.6 is 0 Å². The molecule has 0 fully saturated rings. The van der Waals surface area contributed by atoms with E-state index in [1.807, 2.05) is 10.9 Å². The van der Waals surface area contributed by atoms with Crippen molar-refractivity contribution in [3.05, 3.63) is 69.3 Å². The summed E-state index contributed by atoms with van der Waals surface area (Å²) >= 11 is 0. The van der Waals surface area contributed by atoms with Gasteiger partial charge in [0.2, 0.25) is 0 Å². The summed E-state index contributed by atoms with van der Waals surface area (Å²) in [5.41, 5.74) is 4.94. The predicted octanol–water partition coefficient (Wildman–Crippen LogP) is -1.47. The fourth-order valence-corrected chi connectivity index (χ4v) is 1.13. The minimum atomic E-state index is -3.92. The van der Waals surface area contributed by atoms with Gasteiger partial charge in [-0.25, -0.2) is 47.0 Å². The number of anilines is 2. The third-order valence-electron chi connectivity index (χ3n) is 1.88. The summed E-state index contributed by atoms with van der Waals surface area (Å²) in [4.78, 5) is 25.2. The molecule has 30 heavy (non-hydrogen) atoms. The minimum absolute atomic E-state index is 0.462. The maximum Gasteiger partial charge on any atom is 0.169 e. The molecule has 2 rings (SSSR count). The molecular formula is C12H18N6O10S2. The summed E-state index contributed by atoms with van der Waals surface area (Å²) in [5, 5.41) is 18.5. The van der Waals surface area contributed by atoms with Crippen molar-refractivity contribution < 1.29 is 46.0 Å². The lowest BCUT2D eigenvalue weighted by molar-refractivity contribution is -0.445. The summed E-state index contributed by atoms with van der Waals surface area (Å²) in [7, 11) is -7.83. The van der Waals surface area contributed by atoms with E-state index in [9.17, 15) is 20.2 Å². The molecule has 0 saturated heterocycles. The molecule has 0 aliphatic rings. The highest BCUT2D eigenvalue weighted by atomic mass is 32.2. The fourth-order valence-electron chi connectivity index (χ4n) is 1.13. The molecule has 168 valence electrons. The van der Waals surface area contributed by atoms with Crippen LogP contribution in [-0.4, -0.2) is 48.5 Å². The number of nitrogens with one attached hydrogen (secondary N) is 4. The summed E-state index contributed by atoms with van der Waals surface area (Å²) in [6.07, 6.45) is 7.62. The predicted molar refractivity (Wildman–Crippen MR) is 98.5 cm³/mol. The number of H-pyrrole nitrogens is 2. The first-order valence-electron chi connectivity index (χ1n) is 7.14. The maximum atomic E-state index is 9.85. The van der Waals surface area contributed by atoms with Gasteiger partial charge in [-0.05, 0) is 0 Å². The lowest BCUT2D eigenvalue weighted by Crippen LogP contribution is -2.09. The molecule has 0 aliphatic heterocycles. The van der Waals surface area contributed by atoms with Gasteiger partial charge < -0.3 is 9.11 Å². The second-order valence-electron chi connectivity index (χ2n) is 4.72. The number of rotatable bonds is 4. The number of aromatic nitrogens is 2. The molecule has 18 heteroatoms. The van der Waals surface area contributed by atoms with E-state index in [1.54, 1.807) is 49.1 Å². The Bertz CT molecular complexity index is 874. The molecule has 0 saturated carbocycles. The van der Waals surface area contributed by atoms with Crippen LogP contribution in [0.2, 0.25) is 0 Å². The van der Waals surface area contributed by atoms with Gasteiger partial charge in [0.25, 0.3) is 0 Å². The number of hydrazine groups is 2. The molecule has 0 aliphatic carbocycles. The summed E-state index contributed by atoms with van der Waals surface area (Å²) < 4.78 is 54.5. The van der Waals surface area contributed by atoms with Gasteiger partial charge in [-0.1, -0.05) is 0 Å². The Morgan fingerprint density at radius 3 is 1.07 bits per heavy atom. The van der Waals surface area contributed by atoms with E-state index in [-0.39, 0.29) is 0 Å². The Morgan fingerprint density at radius 2 is 0.900 bits per heavy atom. The molecule has 0 spiro atoms. The van der Waals surface area contributed by atoms with Crippen molar-refractivity contribution in [2.75, 3.05) is 23.4 Å². The van der Waals surface area contributed by atoms with Gasteiger partial charge in [-0.2, -0.15) is 0 Å². The van der Waals surface area contributed by atoms with Gasteiger partial charge in [-0.15, -0.1) is 10.9 Å². The van der Waals surface area contributed by atoms with Gasteiger partial charge in [0, 0.05) is 36.8 Å². The molecule has 16 nitrogen and oxygen atoms in total. The van der Waals surface area contributed by atoms with Gasteiger partial charge in [0.15, 0.2) is 34.9 Å². The number of hydrogen-bond acceptors (Lipinski definition) is 10. The van der Waals surface area contributed by atoms with Crippen LogP contribution in [0.4, 0.5) is 11.4 Å². The van der Waals surface area contributed by atoms with Crippen LogP contribution < -0.4 is 20.8 Å². The summed E-state index contributed by atoms with van der Waals surface area (Å²) in [6.45, 7) is 0. The van der Waals surface area contributed by atoms with E-state index in [0.717, 1.165) is 0 Å². The Balaban J connectivity index is 0. The smallest absolute Gasteiger partial charge is 0.169 e. The van der Waals surface area contributed by atoms with Crippen molar-refractivity contribution >= 4 is 31.6 Å². The van der Waals surface area contributed by atoms with Crippen molar-refractivity contribution in [3.63, 3.8) is 0 Å². The first-order valence-corrected chi connectivity index (χ1v) is 10.8. The number of hydrogen-bond donors (Lipinski definition) is 2. The lowest BCUT2D eigenvalue weighted by Gasteiger charge is -1.90. The highest BCUT2D eigenvalue weighted by Gasteiger charge is 1.97. The first-order chi connectivity index (χ1) is 13.6. The van der Waals surface area contributed by atoms with Crippen molar-refractivity contribution in [2.45, 2.75) is 0 Å². The molecule has 2 aromatic rings. The third kappa shape index (κ3) is 32.2. The molecule has 2 aromatic heterocycles. The van der Waals surface area contributed by atoms with Crippen LogP contribution in [0, 0.1) is 20.2 Å². The van der Waals surface area contributed by atoms with Gasteiger partial charge in [-0.3, -0.25) is 0 Å². The zero-order valence-electron chi connectivity index (χ0n) is 15.4. The van der Waals surface area contributed by atoms with E-state index < -0.39 is 30.3 Å². The quantitative estimate of drug-likeness (QED) is 0.295. The topological polar surface area (TPSA) is 253 Å². The highest BCUT2D eigenvalue weighted by Crippen LogP contribution is 2.00. The zero-order chi connectivity index (χ0) is 23.8. The van der Waals surface area contributed by atoms with Crippen molar-refractivity contribution in [1.29, 1.82) is 0 Å². The number of pyridine rings is 2. The number of aromatic amines is 2. The lowest BCUT2D eigenvalue weighted by atomic mass is 10.4. The van der Waals surface area contributed by atoms with Gasteiger partial charge in [0.05, 0.1) is 20.2 Å². The maximum absolute atomic E-state index is 9.85. The SMILES string of the molecule is CS(=O)(=O)[O-].CS(=O)(=O)[O-].O=[N+]([O-])Nc1cc[nH+]cc1.O=[N+]([O-])Nc1cc[nH+]cc1. The summed E-state index contributed by atoms with van der Waals surface area (Å²) in [5.74, 6) is 0. The van der Waals surface area contributed by atoms with E-state index in [0.29, 0.717) is 23.9 Å². The fraction of sp³-hybridized carbons (Fsp3) is 0.167. The van der Waals surface area contributed by atoms with Crippen LogP contribution in [0.1, 0.15) is 0 Å². The molecule has 0 atom stereocenters. The molecular weight excluding hydrogens is 452 g/mol. The largest absolute Gasteiger partial charge is 0.748 e. The van der Waals surface area contributed by atoms with Crippen LogP contribution in [0.5, 0.6) is 0 Å². The standard InChI is InChI=1S/2C5H5N3O2.2CH4O3S/c2*9-8(10)7-5-1-3-6-4-2-5;2*1-5(2,3)4/h2*1-4H,(H,6,7);2*1H3,(H,2,3,4). The van der Waals surface area contributed by atoms with E-state index in [2.05, 4.69) is 9.97 Å². The van der Waals surface area contributed by atoms with Crippen LogP contribution in [-0.2, 0) is 20.2 Å². The molecule has 2 heterocycles. The van der Waals surface area contributed by atoms with Crippen LogP contribution in [0.15, 0.2) is 49.1 Å². The van der Waals surface area contributed by atoms with Crippen LogP contribution in [0.3, 0.4) is 0 Å². The first kappa shape index (κ1) is 28.7. The highest BCUT2D eigenvalue weighted by molar-refractivity contribution is 7.85. The number of nitrogens with zero attached hydrogens (tertiary/aromatic N) is 2. The van der Waals surface area contributed by atoms with Crippen molar-refractivity contribution in [2.24, 2.45) is 0 Å². The monoisotopic (exact) mass is 470 g/mol. The Kier molecular flexibility index (Phi) is 13.9. The molecule has 0 amide bonds. The molecule has 0 aromatic carbocycles. The van der Waals surface area contributed by atoms with Crippen molar-refractivity contribution in [1.82, 2.24) is 0 Å². The Hall–Kier alpha value is -3.48. The second kappa shape index (κ2) is 14.5. The third-order valence-corrected chi connectivity index (χ3v) is 1.88. The van der Waals surface area contributed by atoms with E-state index in [4.69, 9.17) is 25.9 Å². The van der Waals surface area contributed by atoms with Crippen molar-refractivity contribution in [3.8, 4) is 0 Å². The zero-order valence-corrected chi connectivity index (χ0v) is 17.0. The Labute approximate surface area is 170 Å². The molecule has 0 radical (unpaired) electrons. The normalized spacial score (nSPS) is 9.73. The second-order valence-corrected chi connectivity index (χ2v) is 7.54. The summed E-state index contributed by atoms with van der Waals surface area (Å²) in [6, 6.07) is 6.29. The Morgan fingerprint density at radius 1 is 0.700 bits per heavy atom. The van der Waals surface area contributed by atoms with E-state index in [1.165, 1.54) is 0 Å². The molecule has 0 unspecified atom stereocenters.